The summed E-state index contributed by atoms with van der Waals surface area (Å²) >= 11 is 0. The molecule has 0 bridgehead atoms. The number of aromatic nitrogens is 2. The first-order valence-corrected chi connectivity index (χ1v) is 6.22. The van der Waals surface area contributed by atoms with Gasteiger partial charge in [0.1, 0.15) is 5.82 Å². The summed E-state index contributed by atoms with van der Waals surface area (Å²) < 4.78 is 0. The summed E-state index contributed by atoms with van der Waals surface area (Å²) in [7, 11) is 0. The van der Waals surface area contributed by atoms with Crippen LogP contribution in [0, 0.1) is 0 Å². The number of carboxylic acid groups (broad SMARTS) is 1. The first-order valence-electron chi connectivity index (χ1n) is 6.22. The van der Waals surface area contributed by atoms with E-state index in [1.54, 1.807) is 6.20 Å². The lowest BCUT2D eigenvalue weighted by atomic mass is 10.1. The van der Waals surface area contributed by atoms with E-state index in [1.165, 1.54) is 18.3 Å². The van der Waals surface area contributed by atoms with Gasteiger partial charge >= 0.3 is 5.97 Å². The van der Waals surface area contributed by atoms with Gasteiger partial charge in [-0.1, -0.05) is 18.2 Å². The second-order valence-corrected chi connectivity index (χ2v) is 4.44. The van der Waals surface area contributed by atoms with Crippen molar-refractivity contribution < 1.29 is 14.7 Å². The first kappa shape index (κ1) is 12.9. The van der Waals surface area contributed by atoms with Gasteiger partial charge < -0.3 is 15.4 Å². The summed E-state index contributed by atoms with van der Waals surface area (Å²) in [6, 6.07) is 10.1. The van der Waals surface area contributed by atoms with Crippen LogP contribution in [0.25, 0.3) is 10.9 Å². The second kappa shape index (κ2) is 5.09. The van der Waals surface area contributed by atoms with Crippen LogP contribution in [0.5, 0.6) is 0 Å². The Morgan fingerprint density at radius 2 is 2.00 bits per heavy atom. The van der Waals surface area contributed by atoms with Crippen LogP contribution < -0.4 is 5.32 Å². The summed E-state index contributed by atoms with van der Waals surface area (Å²) in [6.07, 6.45) is 2.95. The summed E-state index contributed by atoms with van der Waals surface area (Å²) in [6.45, 7) is 0. The molecule has 1 amide bonds. The zero-order valence-corrected chi connectivity index (χ0v) is 10.8. The monoisotopic (exact) mass is 281 g/mol. The molecular formula is C15H11N3O3. The molecule has 0 atom stereocenters. The van der Waals surface area contributed by atoms with Gasteiger partial charge in [0.05, 0.1) is 11.1 Å². The van der Waals surface area contributed by atoms with E-state index in [0.717, 1.165) is 10.9 Å². The van der Waals surface area contributed by atoms with E-state index < -0.39 is 5.97 Å². The number of carbonyl (C=O) groups excluding carboxylic acids is 1. The fraction of sp³-hybridized carbons (Fsp3) is 0. The number of nitrogens with one attached hydrogen (secondary N) is 2. The number of anilines is 1. The minimum absolute atomic E-state index is 0.0687. The molecule has 0 saturated carbocycles. The molecule has 21 heavy (non-hydrogen) atoms. The highest BCUT2D eigenvalue weighted by Crippen LogP contribution is 2.19. The predicted molar refractivity (Wildman–Crippen MR) is 77.4 cm³/mol. The number of H-pyrrole nitrogens is 1. The quantitative estimate of drug-likeness (QED) is 0.687. The predicted octanol–water partition coefficient (Wildman–Crippen LogP) is 2.51. The molecule has 3 N–H and O–H groups in total. The average molecular weight is 281 g/mol. The van der Waals surface area contributed by atoms with Crippen molar-refractivity contribution in [1.29, 1.82) is 0 Å². The molecule has 2 aromatic heterocycles. The minimum atomic E-state index is -1.07. The van der Waals surface area contributed by atoms with Crippen LogP contribution in [-0.2, 0) is 0 Å². The molecule has 0 aliphatic rings. The molecule has 0 aliphatic carbocycles. The zero-order chi connectivity index (χ0) is 14.8. The van der Waals surface area contributed by atoms with Crippen molar-refractivity contribution in [2.45, 2.75) is 0 Å². The highest BCUT2D eigenvalue weighted by atomic mass is 16.4. The molecule has 3 rings (SSSR count). The van der Waals surface area contributed by atoms with Crippen molar-refractivity contribution >= 4 is 28.6 Å². The minimum Gasteiger partial charge on any atom is -0.478 e. The molecule has 0 unspecified atom stereocenters. The van der Waals surface area contributed by atoms with Crippen molar-refractivity contribution in [1.82, 2.24) is 9.97 Å². The van der Waals surface area contributed by atoms with E-state index in [2.05, 4.69) is 15.3 Å². The van der Waals surface area contributed by atoms with Gasteiger partial charge in [-0.15, -0.1) is 0 Å². The number of fused-ring (bicyclic) bond motifs is 1. The molecule has 0 radical (unpaired) electrons. The molecule has 104 valence electrons. The van der Waals surface area contributed by atoms with E-state index in [9.17, 15) is 9.59 Å². The Hall–Kier alpha value is -3.15. The van der Waals surface area contributed by atoms with Crippen molar-refractivity contribution in [2.75, 3.05) is 5.32 Å². The Morgan fingerprint density at radius 1 is 1.19 bits per heavy atom. The Kier molecular flexibility index (Phi) is 3.12. The van der Waals surface area contributed by atoms with E-state index in [4.69, 9.17) is 5.11 Å². The fourth-order valence-electron chi connectivity index (χ4n) is 2.07. The number of pyridine rings is 1. The highest BCUT2D eigenvalue weighted by Gasteiger charge is 2.13. The maximum atomic E-state index is 12.3. The molecule has 2 heterocycles. The lowest BCUT2D eigenvalue weighted by Crippen LogP contribution is -2.13. The van der Waals surface area contributed by atoms with Gasteiger partial charge in [-0.2, -0.15) is 0 Å². The number of carboxylic acids is 1. The number of para-hydroxylation sites is 1. The SMILES string of the molecule is O=C(O)c1ccnc(NC(=O)c2c[nH]c3ccccc23)c1. The van der Waals surface area contributed by atoms with E-state index in [-0.39, 0.29) is 17.3 Å². The number of carbonyl (C=O) groups is 2. The number of benzene rings is 1. The van der Waals surface area contributed by atoms with Crippen molar-refractivity contribution in [2.24, 2.45) is 0 Å². The van der Waals surface area contributed by atoms with Crippen LogP contribution >= 0.6 is 0 Å². The van der Waals surface area contributed by atoms with Gasteiger partial charge in [-0.25, -0.2) is 9.78 Å². The molecule has 3 aromatic rings. The summed E-state index contributed by atoms with van der Waals surface area (Å²) in [4.78, 5) is 30.1. The number of nitrogens with zero attached hydrogens (tertiary/aromatic N) is 1. The topological polar surface area (TPSA) is 95.1 Å². The van der Waals surface area contributed by atoms with Crippen LogP contribution in [0.15, 0.2) is 48.8 Å². The zero-order valence-electron chi connectivity index (χ0n) is 10.8. The molecule has 1 aromatic carbocycles. The highest BCUT2D eigenvalue weighted by molar-refractivity contribution is 6.12. The Labute approximate surface area is 119 Å². The fourth-order valence-corrected chi connectivity index (χ4v) is 2.07. The van der Waals surface area contributed by atoms with Gasteiger partial charge in [0.15, 0.2) is 0 Å². The Bertz CT molecular complexity index is 839. The van der Waals surface area contributed by atoms with Gasteiger partial charge in [-0.3, -0.25) is 4.79 Å². The van der Waals surface area contributed by atoms with Gasteiger partial charge in [-0.05, 0) is 18.2 Å². The molecule has 0 aliphatic heterocycles. The average Bonchev–Trinajstić information content (AvgIpc) is 2.91. The number of amides is 1. The van der Waals surface area contributed by atoms with E-state index >= 15 is 0 Å². The van der Waals surface area contributed by atoms with E-state index in [0.29, 0.717) is 5.56 Å². The third-order valence-corrected chi connectivity index (χ3v) is 3.08. The van der Waals surface area contributed by atoms with Crippen molar-refractivity contribution in [3.05, 3.63) is 59.9 Å². The Balaban J connectivity index is 1.90. The smallest absolute Gasteiger partial charge is 0.335 e. The van der Waals surface area contributed by atoms with Crippen LogP contribution in [0.2, 0.25) is 0 Å². The van der Waals surface area contributed by atoms with Crippen molar-refractivity contribution in [3.63, 3.8) is 0 Å². The number of hydrogen-bond acceptors (Lipinski definition) is 3. The summed E-state index contributed by atoms with van der Waals surface area (Å²) in [5.41, 5.74) is 1.40. The van der Waals surface area contributed by atoms with Crippen molar-refractivity contribution in [3.8, 4) is 0 Å². The van der Waals surface area contributed by atoms with Crippen LogP contribution in [0.4, 0.5) is 5.82 Å². The lowest BCUT2D eigenvalue weighted by molar-refractivity contribution is 0.0696. The summed E-state index contributed by atoms with van der Waals surface area (Å²) in [5, 5.41) is 12.3. The molecule has 6 heteroatoms. The lowest BCUT2D eigenvalue weighted by Gasteiger charge is -2.04. The standard InChI is InChI=1S/C15H11N3O3/c19-14(11-8-17-12-4-2-1-3-10(11)12)18-13-7-9(15(20)21)5-6-16-13/h1-8,17H,(H,20,21)(H,16,18,19). The molecule has 6 nitrogen and oxygen atoms in total. The van der Waals surface area contributed by atoms with Gasteiger partial charge in [0.25, 0.3) is 5.91 Å². The van der Waals surface area contributed by atoms with Gasteiger partial charge in [0.2, 0.25) is 0 Å². The van der Waals surface area contributed by atoms with Crippen LogP contribution in [-0.4, -0.2) is 27.0 Å². The number of aromatic amines is 1. The van der Waals surface area contributed by atoms with Crippen LogP contribution in [0.1, 0.15) is 20.7 Å². The number of rotatable bonds is 3. The second-order valence-electron chi connectivity index (χ2n) is 4.44. The molecule has 0 fully saturated rings. The third-order valence-electron chi connectivity index (χ3n) is 3.08. The largest absolute Gasteiger partial charge is 0.478 e. The molecular weight excluding hydrogens is 270 g/mol. The van der Waals surface area contributed by atoms with Crippen LogP contribution in [0.3, 0.4) is 0 Å². The summed E-state index contributed by atoms with van der Waals surface area (Å²) in [5.74, 6) is -1.22. The maximum absolute atomic E-state index is 12.3. The normalized spacial score (nSPS) is 10.5. The number of aromatic carboxylic acids is 1. The van der Waals surface area contributed by atoms with Gasteiger partial charge in [0, 0.05) is 23.3 Å². The third kappa shape index (κ3) is 2.46. The van der Waals surface area contributed by atoms with E-state index in [1.807, 2.05) is 24.3 Å². The Morgan fingerprint density at radius 3 is 2.81 bits per heavy atom. The number of hydrogen-bond donors (Lipinski definition) is 3. The maximum Gasteiger partial charge on any atom is 0.335 e. The first-order chi connectivity index (χ1) is 10.1. The molecule has 0 saturated heterocycles. The molecule has 0 spiro atoms.